The molecule has 0 spiro atoms. The van der Waals surface area contributed by atoms with Crippen LogP contribution in [-0.4, -0.2) is 13.7 Å². The van der Waals surface area contributed by atoms with Crippen molar-refractivity contribution in [2.45, 2.75) is 19.3 Å². The van der Waals surface area contributed by atoms with Crippen molar-refractivity contribution < 1.29 is 0 Å². The SMILES string of the molecule is CC1(C)c2cc(N(c3ccc(-c4ccc(-c5ccc6c7ccccc7n(-c7ccccc7)c6c5)cc4)cc3)c3ccc(-c4ccc(-c5ccc6c7ccccc7n(-c7ccccc7)c6c5)cc4)cc3)ccc2-c2ccc(-n3c4ccccc4c4ccccc43)cc21. The quantitative estimate of drug-likeness (QED) is 0.133. The number of hydrogen-bond acceptors (Lipinski definition) is 1. The monoisotopic (exact) mass is 1160 g/mol. The molecule has 17 aromatic rings. The molecule has 0 radical (unpaired) electrons. The van der Waals surface area contributed by atoms with Gasteiger partial charge in [0.25, 0.3) is 0 Å². The third kappa shape index (κ3) is 8.44. The highest BCUT2D eigenvalue weighted by Gasteiger charge is 2.37. The van der Waals surface area contributed by atoms with Crippen molar-refractivity contribution in [3.63, 3.8) is 0 Å². The summed E-state index contributed by atoms with van der Waals surface area (Å²) in [7, 11) is 0. The fraction of sp³-hybridized carbons (Fsp3) is 0.0345. The molecule has 4 heteroatoms. The average Bonchev–Trinajstić information content (AvgIpc) is 1.67. The minimum atomic E-state index is -0.273. The lowest BCUT2D eigenvalue weighted by molar-refractivity contribution is 0.660. The molecular formula is C87H60N4. The normalized spacial score (nSPS) is 12.6. The predicted octanol–water partition coefficient (Wildman–Crippen LogP) is 23.4. The number of para-hydroxylation sites is 6. The Bertz CT molecular complexity index is 5390. The highest BCUT2D eigenvalue weighted by molar-refractivity contribution is 6.12. The van der Waals surface area contributed by atoms with Crippen molar-refractivity contribution in [2.75, 3.05) is 4.90 Å². The van der Waals surface area contributed by atoms with E-state index in [-0.39, 0.29) is 5.41 Å². The van der Waals surface area contributed by atoms with Crippen molar-refractivity contribution in [1.82, 2.24) is 13.7 Å². The number of benzene rings is 14. The van der Waals surface area contributed by atoms with Crippen LogP contribution in [0.4, 0.5) is 17.1 Å². The van der Waals surface area contributed by atoms with Crippen LogP contribution >= 0.6 is 0 Å². The summed E-state index contributed by atoms with van der Waals surface area (Å²) in [5.41, 5.74) is 28.4. The van der Waals surface area contributed by atoms with Gasteiger partial charge in [0, 0.05) is 71.9 Å². The van der Waals surface area contributed by atoms with Gasteiger partial charge in [-0.1, -0.05) is 232 Å². The number of rotatable bonds is 10. The summed E-state index contributed by atoms with van der Waals surface area (Å²) in [5.74, 6) is 0. The molecule has 91 heavy (non-hydrogen) atoms. The van der Waals surface area contributed by atoms with Crippen LogP contribution in [-0.2, 0) is 5.41 Å². The fourth-order valence-electron chi connectivity index (χ4n) is 15.0. The van der Waals surface area contributed by atoms with E-state index in [1.54, 1.807) is 0 Å². The molecule has 0 saturated heterocycles. The minimum absolute atomic E-state index is 0.273. The van der Waals surface area contributed by atoms with Crippen LogP contribution in [0.25, 0.3) is 138 Å². The van der Waals surface area contributed by atoms with Gasteiger partial charge in [0.05, 0.1) is 33.1 Å². The third-order valence-electron chi connectivity index (χ3n) is 19.5. The highest BCUT2D eigenvalue weighted by Crippen LogP contribution is 2.52. The van der Waals surface area contributed by atoms with Crippen molar-refractivity contribution in [3.05, 3.63) is 339 Å². The maximum absolute atomic E-state index is 2.45. The second kappa shape index (κ2) is 20.7. The first-order valence-electron chi connectivity index (χ1n) is 31.6. The van der Waals surface area contributed by atoms with E-state index in [4.69, 9.17) is 0 Å². The molecule has 1 aliphatic carbocycles. The maximum atomic E-state index is 2.45. The molecule has 0 amide bonds. The summed E-state index contributed by atoms with van der Waals surface area (Å²) in [4.78, 5) is 2.43. The van der Waals surface area contributed by atoms with E-state index in [0.29, 0.717) is 0 Å². The lowest BCUT2D eigenvalue weighted by Gasteiger charge is -2.28. The summed E-state index contributed by atoms with van der Waals surface area (Å²) in [5, 5.41) is 7.56. The van der Waals surface area contributed by atoms with E-state index < -0.39 is 0 Å². The fourth-order valence-corrected chi connectivity index (χ4v) is 15.0. The molecule has 0 N–H and O–H groups in total. The van der Waals surface area contributed by atoms with Gasteiger partial charge in [-0.2, -0.15) is 0 Å². The van der Waals surface area contributed by atoms with Crippen LogP contribution in [0.3, 0.4) is 0 Å². The van der Waals surface area contributed by atoms with Gasteiger partial charge in [-0.05, 0) is 176 Å². The van der Waals surface area contributed by atoms with Gasteiger partial charge in [-0.25, -0.2) is 0 Å². The zero-order valence-corrected chi connectivity index (χ0v) is 50.5. The second-order valence-electron chi connectivity index (χ2n) is 24.9. The van der Waals surface area contributed by atoms with Crippen LogP contribution in [0.1, 0.15) is 25.0 Å². The van der Waals surface area contributed by atoms with Crippen LogP contribution in [0.15, 0.2) is 328 Å². The van der Waals surface area contributed by atoms with E-state index in [1.165, 1.54) is 127 Å². The number of hydrogen-bond donors (Lipinski definition) is 0. The van der Waals surface area contributed by atoms with E-state index in [2.05, 4.69) is 360 Å². The van der Waals surface area contributed by atoms with Gasteiger partial charge in [-0.3, -0.25) is 0 Å². The Hall–Kier alpha value is -11.7. The molecule has 0 fully saturated rings. The summed E-state index contributed by atoms with van der Waals surface area (Å²) in [6.07, 6.45) is 0. The molecule has 4 nitrogen and oxygen atoms in total. The largest absolute Gasteiger partial charge is 0.310 e. The molecule has 3 aromatic heterocycles. The Morgan fingerprint density at radius 3 is 0.923 bits per heavy atom. The van der Waals surface area contributed by atoms with Gasteiger partial charge >= 0.3 is 0 Å². The first-order valence-corrected chi connectivity index (χ1v) is 31.6. The zero-order chi connectivity index (χ0) is 60.3. The van der Waals surface area contributed by atoms with Crippen LogP contribution in [0.5, 0.6) is 0 Å². The molecule has 3 heterocycles. The lowest BCUT2D eigenvalue weighted by atomic mass is 9.82. The highest BCUT2D eigenvalue weighted by atomic mass is 15.1. The first-order chi connectivity index (χ1) is 44.9. The van der Waals surface area contributed by atoms with Crippen molar-refractivity contribution in [3.8, 4) is 72.7 Å². The molecule has 0 saturated carbocycles. The number of nitrogens with zero attached hydrogens (tertiary/aromatic N) is 4. The predicted molar refractivity (Wildman–Crippen MR) is 383 cm³/mol. The lowest BCUT2D eigenvalue weighted by Crippen LogP contribution is -2.17. The average molecular weight is 1160 g/mol. The Morgan fingerprint density at radius 2 is 0.516 bits per heavy atom. The summed E-state index contributed by atoms with van der Waals surface area (Å²) < 4.78 is 7.22. The second-order valence-corrected chi connectivity index (χ2v) is 24.9. The number of fused-ring (bicyclic) bond motifs is 12. The van der Waals surface area contributed by atoms with E-state index in [0.717, 1.165) is 39.6 Å². The van der Waals surface area contributed by atoms with Crippen molar-refractivity contribution >= 4 is 82.5 Å². The molecule has 0 bridgehead atoms. The Labute approximate surface area is 528 Å². The number of aromatic nitrogens is 3. The Balaban J connectivity index is 0.687. The van der Waals surface area contributed by atoms with Gasteiger partial charge in [-0.15, -0.1) is 0 Å². The zero-order valence-electron chi connectivity index (χ0n) is 50.5. The Kier molecular flexibility index (Phi) is 11.9. The summed E-state index contributed by atoms with van der Waals surface area (Å²) in [6.45, 7) is 4.79. The smallest absolute Gasteiger partial charge is 0.0547 e. The molecule has 18 rings (SSSR count). The van der Waals surface area contributed by atoms with E-state index in [1.807, 2.05) is 0 Å². The minimum Gasteiger partial charge on any atom is -0.310 e. The summed E-state index contributed by atoms with van der Waals surface area (Å²) >= 11 is 0. The van der Waals surface area contributed by atoms with Crippen LogP contribution < -0.4 is 4.90 Å². The topological polar surface area (TPSA) is 18.0 Å². The molecule has 0 unspecified atom stereocenters. The molecule has 14 aromatic carbocycles. The molecule has 0 aliphatic heterocycles. The molecular weight excluding hydrogens is 1100 g/mol. The van der Waals surface area contributed by atoms with Crippen LogP contribution in [0.2, 0.25) is 0 Å². The van der Waals surface area contributed by atoms with Crippen molar-refractivity contribution in [1.29, 1.82) is 0 Å². The number of anilines is 3. The standard InChI is InChI=1S/C87H60N4/c1-87(2)79-55-69(47-51-71(79)72-52-48-70(56-80(72)87)91-83-27-15-9-21-73(83)74-22-10-16-28-84(74)91)88(67-43-37-59(38-44-67)57-29-33-61(34-30-57)63-41-49-77-75-23-11-13-25-81(75)89(85(77)53-63)65-17-5-3-6-18-65)68-45-39-60(40-46-68)58-31-35-62(36-32-58)64-42-50-78-76-24-12-14-26-82(76)90(86(78)54-64)66-19-7-4-8-20-66/h3-56H,1-2H3. The first kappa shape index (κ1) is 52.4. The van der Waals surface area contributed by atoms with Crippen molar-refractivity contribution in [2.24, 2.45) is 0 Å². The van der Waals surface area contributed by atoms with E-state index >= 15 is 0 Å². The van der Waals surface area contributed by atoms with Gasteiger partial charge in [0.2, 0.25) is 0 Å². The van der Waals surface area contributed by atoms with Gasteiger partial charge in [0.15, 0.2) is 0 Å². The van der Waals surface area contributed by atoms with Gasteiger partial charge < -0.3 is 18.6 Å². The van der Waals surface area contributed by atoms with Gasteiger partial charge in [0.1, 0.15) is 0 Å². The molecule has 0 atom stereocenters. The van der Waals surface area contributed by atoms with Crippen LogP contribution in [0, 0.1) is 0 Å². The maximum Gasteiger partial charge on any atom is 0.0547 e. The summed E-state index contributed by atoms with van der Waals surface area (Å²) in [6, 6.07) is 121. The Morgan fingerprint density at radius 1 is 0.220 bits per heavy atom. The molecule has 1 aliphatic rings. The third-order valence-corrected chi connectivity index (χ3v) is 19.5. The molecule has 428 valence electrons. The van der Waals surface area contributed by atoms with E-state index in [9.17, 15) is 0 Å².